The van der Waals surface area contributed by atoms with E-state index in [1.165, 1.54) is 103 Å². The molecule has 1 N–H and O–H groups in total. The zero-order valence-electron chi connectivity index (χ0n) is 26.3. The van der Waals surface area contributed by atoms with Gasteiger partial charge >= 0.3 is 0 Å². The van der Waals surface area contributed by atoms with Gasteiger partial charge in [-0.15, -0.1) is 0 Å². The largest absolute Gasteiger partial charge is 0.352 e. The summed E-state index contributed by atoms with van der Waals surface area (Å²) in [4.78, 5) is 12.6. The Morgan fingerprint density at radius 3 is 2.02 bits per heavy atom. The number of imidazole rings is 1. The number of amides is 1. The summed E-state index contributed by atoms with van der Waals surface area (Å²) < 4.78 is 4.68. The van der Waals surface area contributed by atoms with Gasteiger partial charge in [0.1, 0.15) is 12.4 Å². The number of aryl methyl sites for hydroxylation is 1. The maximum absolute atomic E-state index is 12.6. The molecule has 0 spiro atoms. The molecule has 4 heteroatoms. The summed E-state index contributed by atoms with van der Waals surface area (Å²) in [7, 11) is 0. The first-order chi connectivity index (χ1) is 20.2. The number of nitrogens with one attached hydrogen (secondary N) is 1. The van der Waals surface area contributed by atoms with Crippen LogP contribution < -0.4 is 9.88 Å². The number of rotatable bonds is 23. The van der Waals surface area contributed by atoms with Crippen molar-refractivity contribution in [2.45, 2.75) is 136 Å². The minimum Gasteiger partial charge on any atom is -0.352 e. The van der Waals surface area contributed by atoms with Gasteiger partial charge in [0.2, 0.25) is 6.33 Å². The maximum atomic E-state index is 12.6. The molecule has 0 saturated carbocycles. The van der Waals surface area contributed by atoms with Crippen molar-refractivity contribution in [2.75, 3.05) is 6.54 Å². The molecule has 1 unspecified atom stereocenters. The molecule has 0 aliphatic carbocycles. The van der Waals surface area contributed by atoms with Crippen molar-refractivity contribution in [3.63, 3.8) is 0 Å². The molecule has 2 aromatic carbocycles. The lowest BCUT2D eigenvalue weighted by Crippen LogP contribution is -2.35. The quantitative estimate of drug-likeness (QED) is 0.0910. The molecular weight excluding hydrogens is 502 g/mol. The third kappa shape index (κ3) is 13.3. The molecule has 1 aromatic heterocycles. The van der Waals surface area contributed by atoms with Crippen LogP contribution in [0.3, 0.4) is 0 Å². The van der Waals surface area contributed by atoms with E-state index in [1.807, 2.05) is 30.3 Å². The average Bonchev–Trinajstić information content (AvgIpc) is 3.44. The Balaban J connectivity index is 1.38. The van der Waals surface area contributed by atoms with Gasteiger partial charge in [-0.3, -0.25) is 4.79 Å². The standard InChI is InChI=1S/C37H57N3O/c1-3-5-7-9-11-12-14-16-21-33(20-15-13-10-8-6-4-2)31-40-29-28-39(32-40)27-19-26-38-37(41)36-25-24-34-22-17-18-23-35(34)30-36/h17-18,22-25,28-30,32-33H,3-16,19-21,26-27,31H2,1-2H3/p+1. The molecule has 0 radical (unpaired) electrons. The highest BCUT2D eigenvalue weighted by Gasteiger charge is 2.14. The molecule has 41 heavy (non-hydrogen) atoms. The Labute approximate surface area is 250 Å². The third-order valence-corrected chi connectivity index (χ3v) is 8.54. The van der Waals surface area contributed by atoms with Crippen LogP contribution >= 0.6 is 0 Å². The fourth-order valence-electron chi connectivity index (χ4n) is 5.98. The number of carbonyl (C=O) groups excluding carboxylic acids is 1. The summed E-state index contributed by atoms with van der Waals surface area (Å²) in [6.45, 7) is 7.33. The van der Waals surface area contributed by atoms with Crippen LogP contribution in [0.25, 0.3) is 10.8 Å². The second-order valence-electron chi connectivity index (χ2n) is 12.2. The molecule has 0 bridgehead atoms. The Morgan fingerprint density at radius 1 is 0.756 bits per heavy atom. The van der Waals surface area contributed by atoms with Gasteiger partial charge in [0.05, 0.1) is 13.1 Å². The zero-order valence-corrected chi connectivity index (χ0v) is 26.3. The van der Waals surface area contributed by atoms with Crippen molar-refractivity contribution in [2.24, 2.45) is 5.92 Å². The zero-order chi connectivity index (χ0) is 29.0. The Bertz CT molecular complexity index is 1100. The summed E-state index contributed by atoms with van der Waals surface area (Å²) in [5.41, 5.74) is 0.732. The average molecular weight is 561 g/mol. The predicted molar refractivity (Wildman–Crippen MR) is 174 cm³/mol. The van der Waals surface area contributed by atoms with Crippen LogP contribution in [0, 0.1) is 5.92 Å². The van der Waals surface area contributed by atoms with Gasteiger partial charge in [-0.1, -0.05) is 134 Å². The van der Waals surface area contributed by atoms with Crippen molar-refractivity contribution in [1.82, 2.24) is 9.88 Å². The van der Waals surface area contributed by atoms with E-state index < -0.39 is 0 Å². The molecule has 0 saturated heterocycles. The number of carbonyl (C=O) groups is 1. The van der Waals surface area contributed by atoms with E-state index in [0.717, 1.165) is 41.8 Å². The highest BCUT2D eigenvalue weighted by molar-refractivity contribution is 5.98. The van der Waals surface area contributed by atoms with Gasteiger partial charge < -0.3 is 5.32 Å². The topological polar surface area (TPSA) is 37.9 Å². The van der Waals surface area contributed by atoms with E-state index in [-0.39, 0.29) is 5.91 Å². The van der Waals surface area contributed by atoms with E-state index >= 15 is 0 Å². The van der Waals surface area contributed by atoms with Crippen LogP contribution in [0.15, 0.2) is 61.2 Å². The smallest absolute Gasteiger partial charge is 0.251 e. The van der Waals surface area contributed by atoms with E-state index in [1.54, 1.807) is 0 Å². The van der Waals surface area contributed by atoms with E-state index in [2.05, 4.69) is 59.2 Å². The normalized spacial score (nSPS) is 12.1. The summed E-state index contributed by atoms with van der Waals surface area (Å²) in [5, 5.41) is 5.37. The van der Waals surface area contributed by atoms with Crippen LogP contribution in [0.5, 0.6) is 0 Å². The van der Waals surface area contributed by atoms with Gasteiger partial charge in [-0.2, -0.15) is 0 Å². The molecule has 0 aliphatic heterocycles. The number of nitrogens with zero attached hydrogens (tertiary/aromatic N) is 2. The predicted octanol–water partition coefficient (Wildman–Crippen LogP) is 9.65. The van der Waals surface area contributed by atoms with Gasteiger partial charge in [0, 0.05) is 18.5 Å². The lowest BCUT2D eigenvalue weighted by atomic mass is 9.94. The van der Waals surface area contributed by atoms with Gasteiger partial charge in [-0.25, -0.2) is 9.13 Å². The second kappa shape index (κ2) is 20.3. The van der Waals surface area contributed by atoms with Crippen LogP contribution in [0.4, 0.5) is 0 Å². The first-order valence-corrected chi connectivity index (χ1v) is 17.0. The summed E-state index contributed by atoms with van der Waals surface area (Å²) in [6.07, 6.45) is 29.8. The highest BCUT2D eigenvalue weighted by atomic mass is 16.1. The lowest BCUT2D eigenvalue weighted by molar-refractivity contribution is -0.703. The Kier molecular flexibility index (Phi) is 16.3. The maximum Gasteiger partial charge on any atom is 0.251 e. The number of unbranched alkanes of at least 4 members (excludes halogenated alkanes) is 12. The van der Waals surface area contributed by atoms with Crippen molar-refractivity contribution in [3.8, 4) is 0 Å². The number of benzene rings is 2. The van der Waals surface area contributed by atoms with Crippen molar-refractivity contribution in [1.29, 1.82) is 0 Å². The first-order valence-electron chi connectivity index (χ1n) is 17.0. The van der Waals surface area contributed by atoms with Crippen LogP contribution in [-0.2, 0) is 13.1 Å². The minimum absolute atomic E-state index is 0.0109. The molecule has 226 valence electrons. The molecule has 0 fully saturated rings. The third-order valence-electron chi connectivity index (χ3n) is 8.54. The summed E-state index contributed by atoms with van der Waals surface area (Å²) in [5.74, 6) is 0.792. The Morgan fingerprint density at radius 2 is 1.37 bits per heavy atom. The van der Waals surface area contributed by atoms with Gasteiger partial charge in [0.25, 0.3) is 5.91 Å². The van der Waals surface area contributed by atoms with Crippen LogP contribution in [0.1, 0.15) is 133 Å². The molecule has 0 aliphatic rings. The monoisotopic (exact) mass is 560 g/mol. The number of aromatic nitrogens is 2. The molecular formula is C37H58N3O+. The molecule has 3 aromatic rings. The molecule has 4 nitrogen and oxygen atoms in total. The molecule has 1 heterocycles. The van der Waals surface area contributed by atoms with Crippen LogP contribution in [-0.4, -0.2) is 17.0 Å². The lowest BCUT2D eigenvalue weighted by Gasteiger charge is -2.15. The fraction of sp³-hybridized carbons (Fsp3) is 0.622. The fourth-order valence-corrected chi connectivity index (χ4v) is 5.98. The highest BCUT2D eigenvalue weighted by Crippen LogP contribution is 2.20. The SMILES string of the molecule is CCCCCCCCCCC(CCCCCCCC)C[n+]1ccn(CCCNC(=O)c2ccc3ccccc3c2)c1. The number of hydrogen-bond donors (Lipinski definition) is 1. The van der Waals surface area contributed by atoms with Crippen molar-refractivity contribution in [3.05, 3.63) is 66.7 Å². The minimum atomic E-state index is 0.0109. The van der Waals surface area contributed by atoms with Crippen molar-refractivity contribution >= 4 is 16.7 Å². The molecule has 1 atom stereocenters. The van der Waals surface area contributed by atoms with Crippen molar-refractivity contribution < 1.29 is 9.36 Å². The molecule has 1 amide bonds. The molecule has 3 rings (SSSR count). The first kappa shape index (κ1) is 32.9. The van der Waals surface area contributed by atoms with Crippen LogP contribution in [0.2, 0.25) is 0 Å². The number of fused-ring (bicyclic) bond motifs is 1. The summed E-state index contributed by atoms with van der Waals surface area (Å²) in [6, 6.07) is 14.1. The second-order valence-corrected chi connectivity index (χ2v) is 12.2. The van der Waals surface area contributed by atoms with E-state index in [9.17, 15) is 4.79 Å². The van der Waals surface area contributed by atoms with Gasteiger partial charge in [0.15, 0.2) is 0 Å². The summed E-state index contributed by atoms with van der Waals surface area (Å²) >= 11 is 0. The van der Waals surface area contributed by atoms with E-state index in [0.29, 0.717) is 6.54 Å². The number of hydrogen-bond acceptors (Lipinski definition) is 1. The Hall–Kier alpha value is -2.62. The van der Waals surface area contributed by atoms with Gasteiger partial charge in [-0.05, 0) is 41.7 Å². The van der Waals surface area contributed by atoms with E-state index in [4.69, 9.17) is 0 Å².